The molecule has 1 aliphatic heterocycles. The van der Waals surface area contributed by atoms with Gasteiger partial charge in [0, 0.05) is 25.6 Å². The zero-order chi connectivity index (χ0) is 20.7. The fraction of sp³-hybridized carbons (Fsp3) is 0.350. The molecular weight excluding hydrogens is 392 g/mol. The number of nitrogens with zero attached hydrogens (tertiary/aromatic N) is 2. The summed E-state index contributed by atoms with van der Waals surface area (Å²) in [6.45, 7) is 1.08. The molecule has 0 fully saturated rings. The van der Waals surface area contributed by atoms with E-state index in [0.717, 1.165) is 30.9 Å². The number of nitro benzene ring substituents is 1. The van der Waals surface area contributed by atoms with Crippen LogP contribution >= 0.6 is 0 Å². The first-order chi connectivity index (χ1) is 14.0. The smallest absolute Gasteiger partial charge is 0.293 e. The molecule has 2 aromatic rings. The zero-order valence-corrected chi connectivity index (χ0v) is 16.8. The number of sulfonamides is 1. The van der Waals surface area contributed by atoms with Crippen molar-refractivity contribution in [3.63, 3.8) is 0 Å². The first-order valence-corrected chi connectivity index (χ1v) is 11.1. The summed E-state index contributed by atoms with van der Waals surface area (Å²) in [4.78, 5) is 15.0. The molecule has 3 rings (SSSR count). The molecule has 1 aliphatic rings. The number of nitro groups is 1. The molecule has 0 bridgehead atoms. The highest BCUT2D eigenvalue weighted by Crippen LogP contribution is 2.27. The molecule has 0 radical (unpaired) electrons. The number of rotatable bonds is 7. The highest BCUT2D eigenvalue weighted by molar-refractivity contribution is 7.90. The van der Waals surface area contributed by atoms with Crippen LogP contribution in [0.4, 0.5) is 11.4 Å². The third kappa shape index (κ3) is 5.77. The summed E-state index contributed by atoms with van der Waals surface area (Å²) in [7, 11) is -3.93. The van der Waals surface area contributed by atoms with Gasteiger partial charge in [-0.15, -0.1) is 0 Å². The summed E-state index contributed by atoms with van der Waals surface area (Å²) in [5.41, 5.74) is 1.12. The quantitative estimate of drug-likeness (QED) is 0.530. The summed E-state index contributed by atoms with van der Waals surface area (Å²) in [6.07, 6.45) is 4.05. The Kier molecular flexibility index (Phi) is 6.82. The number of aliphatic imine (C=N–C) groups is 1. The molecule has 29 heavy (non-hydrogen) atoms. The average molecular weight is 417 g/mol. The molecule has 2 aromatic carbocycles. The lowest BCUT2D eigenvalue weighted by atomic mass is 10.1. The van der Waals surface area contributed by atoms with Gasteiger partial charge in [0.1, 0.15) is 11.5 Å². The minimum absolute atomic E-state index is 0.148. The van der Waals surface area contributed by atoms with E-state index in [1.165, 1.54) is 12.1 Å². The number of anilines is 1. The van der Waals surface area contributed by atoms with Gasteiger partial charge in [-0.1, -0.05) is 36.8 Å². The van der Waals surface area contributed by atoms with E-state index in [1.807, 2.05) is 30.3 Å². The van der Waals surface area contributed by atoms with E-state index in [0.29, 0.717) is 31.8 Å². The Balaban J connectivity index is 1.74. The van der Waals surface area contributed by atoms with Crippen molar-refractivity contribution in [2.75, 3.05) is 18.4 Å². The van der Waals surface area contributed by atoms with Crippen molar-refractivity contribution >= 4 is 27.2 Å². The van der Waals surface area contributed by atoms with Gasteiger partial charge in [-0.25, -0.2) is 8.42 Å². The Bertz CT molecular complexity index is 991. The SMILES string of the molecule is O=[N+]([O-])c1cc(S(=O)(=O)NC2=NCCCCC2)ccc1NCCc1ccccc1. The van der Waals surface area contributed by atoms with Gasteiger partial charge < -0.3 is 5.32 Å². The minimum atomic E-state index is -3.93. The summed E-state index contributed by atoms with van der Waals surface area (Å²) in [5, 5.41) is 14.5. The van der Waals surface area contributed by atoms with E-state index >= 15 is 0 Å². The van der Waals surface area contributed by atoms with Crippen LogP contribution in [0.1, 0.15) is 31.2 Å². The van der Waals surface area contributed by atoms with Crippen LogP contribution in [0, 0.1) is 10.1 Å². The van der Waals surface area contributed by atoms with Gasteiger partial charge in [0.25, 0.3) is 15.7 Å². The van der Waals surface area contributed by atoms with Crippen molar-refractivity contribution < 1.29 is 13.3 Å². The van der Waals surface area contributed by atoms with Gasteiger partial charge >= 0.3 is 0 Å². The van der Waals surface area contributed by atoms with E-state index in [9.17, 15) is 18.5 Å². The Morgan fingerprint density at radius 2 is 1.86 bits per heavy atom. The molecule has 8 nitrogen and oxygen atoms in total. The molecule has 0 aromatic heterocycles. The van der Waals surface area contributed by atoms with Gasteiger partial charge in [-0.3, -0.25) is 19.8 Å². The minimum Gasteiger partial charge on any atom is -0.379 e. The van der Waals surface area contributed by atoms with Gasteiger partial charge in [-0.2, -0.15) is 0 Å². The molecule has 2 N–H and O–H groups in total. The average Bonchev–Trinajstić information content (AvgIpc) is 2.97. The number of amidine groups is 1. The van der Waals surface area contributed by atoms with Gasteiger partial charge in [0.15, 0.2) is 0 Å². The van der Waals surface area contributed by atoms with Crippen molar-refractivity contribution in [1.82, 2.24) is 4.72 Å². The Morgan fingerprint density at radius 3 is 2.62 bits per heavy atom. The molecule has 0 spiro atoms. The normalized spacial score (nSPS) is 14.6. The molecule has 0 atom stereocenters. The standard InChI is InChI=1S/C20H24N4O4S/c25-24(26)19-15-17(29(27,28)23-20-9-5-2-6-13-22-20)10-11-18(19)21-14-12-16-7-3-1-4-8-16/h1,3-4,7-8,10-11,15,21H,2,5-6,9,12-14H2,(H,22,23). The van der Waals surface area contributed by atoms with E-state index in [1.54, 1.807) is 0 Å². The molecule has 154 valence electrons. The van der Waals surface area contributed by atoms with E-state index in [2.05, 4.69) is 15.0 Å². The molecule has 0 saturated heterocycles. The monoisotopic (exact) mass is 416 g/mol. The lowest BCUT2D eigenvalue weighted by Crippen LogP contribution is -2.30. The van der Waals surface area contributed by atoms with Crippen LogP contribution in [-0.4, -0.2) is 32.3 Å². The van der Waals surface area contributed by atoms with Crippen molar-refractivity contribution in [2.24, 2.45) is 4.99 Å². The zero-order valence-electron chi connectivity index (χ0n) is 16.0. The number of benzene rings is 2. The Labute approximate surface area is 170 Å². The maximum Gasteiger partial charge on any atom is 0.293 e. The molecule has 1 heterocycles. The topological polar surface area (TPSA) is 114 Å². The fourth-order valence-electron chi connectivity index (χ4n) is 3.14. The van der Waals surface area contributed by atoms with E-state index in [4.69, 9.17) is 0 Å². The second-order valence-corrected chi connectivity index (χ2v) is 8.53. The van der Waals surface area contributed by atoms with Crippen LogP contribution in [0.5, 0.6) is 0 Å². The maximum absolute atomic E-state index is 12.7. The van der Waals surface area contributed by atoms with Crippen LogP contribution in [0.2, 0.25) is 0 Å². The molecule has 9 heteroatoms. The van der Waals surface area contributed by atoms with E-state index in [-0.39, 0.29) is 16.3 Å². The van der Waals surface area contributed by atoms with Crippen LogP contribution in [0.3, 0.4) is 0 Å². The van der Waals surface area contributed by atoms with Gasteiger partial charge in [-0.05, 0) is 37.0 Å². The summed E-state index contributed by atoms with van der Waals surface area (Å²) in [5.74, 6) is 0.412. The summed E-state index contributed by atoms with van der Waals surface area (Å²) in [6, 6.07) is 13.7. The largest absolute Gasteiger partial charge is 0.379 e. The molecular formula is C20H24N4O4S. The first kappa shape index (κ1) is 20.8. The number of hydrogen-bond donors (Lipinski definition) is 2. The summed E-state index contributed by atoms with van der Waals surface area (Å²) < 4.78 is 27.8. The highest BCUT2D eigenvalue weighted by Gasteiger charge is 2.22. The van der Waals surface area contributed by atoms with Crippen molar-refractivity contribution in [3.8, 4) is 0 Å². The first-order valence-electron chi connectivity index (χ1n) is 9.58. The third-order valence-electron chi connectivity index (χ3n) is 4.67. The van der Waals surface area contributed by atoms with Crippen LogP contribution in [0.15, 0.2) is 58.4 Å². The lowest BCUT2D eigenvalue weighted by molar-refractivity contribution is -0.384. The maximum atomic E-state index is 12.7. The predicted molar refractivity (Wildman–Crippen MR) is 113 cm³/mol. The van der Waals surface area contributed by atoms with Crippen molar-refractivity contribution in [1.29, 1.82) is 0 Å². The lowest BCUT2D eigenvalue weighted by Gasteiger charge is -2.11. The summed E-state index contributed by atoms with van der Waals surface area (Å²) >= 11 is 0. The molecule has 0 unspecified atom stereocenters. The molecule has 0 amide bonds. The van der Waals surface area contributed by atoms with Gasteiger partial charge in [0.05, 0.1) is 9.82 Å². The second-order valence-electron chi connectivity index (χ2n) is 6.84. The van der Waals surface area contributed by atoms with E-state index < -0.39 is 14.9 Å². The Hall–Kier alpha value is -2.94. The number of hydrogen-bond acceptors (Lipinski definition) is 6. The third-order valence-corrected chi connectivity index (χ3v) is 6.05. The van der Waals surface area contributed by atoms with Crippen LogP contribution < -0.4 is 10.0 Å². The molecule has 0 saturated carbocycles. The second kappa shape index (κ2) is 9.51. The highest BCUT2D eigenvalue weighted by atomic mass is 32.2. The van der Waals surface area contributed by atoms with Crippen molar-refractivity contribution in [2.45, 2.75) is 37.0 Å². The fourth-order valence-corrected chi connectivity index (χ4v) is 4.25. The van der Waals surface area contributed by atoms with Crippen LogP contribution in [0.25, 0.3) is 0 Å². The van der Waals surface area contributed by atoms with Gasteiger partial charge in [0.2, 0.25) is 0 Å². The molecule has 0 aliphatic carbocycles. The van der Waals surface area contributed by atoms with Crippen LogP contribution in [-0.2, 0) is 16.4 Å². The van der Waals surface area contributed by atoms with Crippen molar-refractivity contribution in [3.05, 3.63) is 64.2 Å². The predicted octanol–water partition coefficient (Wildman–Crippen LogP) is 3.50. The Morgan fingerprint density at radius 1 is 1.07 bits per heavy atom. The number of nitrogens with one attached hydrogen (secondary N) is 2.